The number of hydrogen-bond acceptors (Lipinski definition) is 4. The van der Waals surface area contributed by atoms with E-state index in [0.717, 1.165) is 44.7 Å². The number of likely N-dealkylation sites (N-methyl/N-ethyl adjacent to an activating group) is 3. The van der Waals surface area contributed by atoms with Crippen LogP contribution in [0.25, 0.3) is 0 Å². The lowest BCUT2D eigenvalue weighted by Gasteiger charge is -2.39. The van der Waals surface area contributed by atoms with Crippen LogP contribution in [-0.4, -0.2) is 69.3 Å². The van der Waals surface area contributed by atoms with E-state index in [2.05, 4.69) is 35.3 Å². The summed E-state index contributed by atoms with van der Waals surface area (Å²) in [6.07, 6.45) is 5.71. The van der Waals surface area contributed by atoms with E-state index in [1.54, 1.807) is 0 Å². The maximum absolute atomic E-state index is 5.80. The Balaban J connectivity index is 1.94. The fourth-order valence-corrected chi connectivity index (χ4v) is 2.82. The molecule has 1 fully saturated rings. The molecule has 0 saturated carbocycles. The third-order valence-electron chi connectivity index (χ3n) is 4.14. The van der Waals surface area contributed by atoms with E-state index in [9.17, 15) is 0 Å². The molecule has 0 bridgehead atoms. The van der Waals surface area contributed by atoms with E-state index in [1.807, 2.05) is 7.05 Å². The molecule has 4 nitrogen and oxygen atoms in total. The zero-order valence-electron chi connectivity index (χ0n) is 12.0. The molecule has 1 saturated heterocycles. The van der Waals surface area contributed by atoms with Crippen molar-refractivity contribution in [3.8, 4) is 0 Å². The number of nitrogens with zero attached hydrogens (tertiary/aromatic N) is 2. The molecule has 0 aromatic carbocycles. The molecule has 2 atom stereocenters. The van der Waals surface area contributed by atoms with Crippen molar-refractivity contribution < 1.29 is 4.74 Å². The number of allylic oxidation sites excluding steroid dienone is 1. The molecule has 2 aliphatic heterocycles. The van der Waals surface area contributed by atoms with Gasteiger partial charge in [-0.05, 0) is 46.5 Å². The third kappa shape index (κ3) is 3.46. The Morgan fingerprint density at radius 2 is 2.28 bits per heavy atom. The Hall–Kier alpha value is -0.580. The van der Waals surface area contributed by atoms with Gasteiger partial charge in [-0.3, -0.25) is 0 Å². The summed E-state index contributed by atoms with van der Waals surface area (Å²) in [4.78, 5) is 4.90. The van der Waals surface area contributed by atoms with Crippen LogP contribution in [0.3, 0.4) is 0 Å². The zero-order valence-corrected chi connectivity index (χ0v) is 12.0. The number of rotatable bonds is 4. The van der Waals surface area contributed by atoms with E-state index in [4.69, 9.17) is 4.74 Å². The van der Waals surface area contributed by atoms with Gasteiger partial charge < -0.3 is 19.9 Å². The molecular formula is C14H27N3O. The molecule has 4 heteroatoms. The van der Waals surface area contributed by atoms with Gasteiger partial charge in [0, 0.05) is 25.7 Å². The monoisotopic (exact) mass is 253 g/mol. The summed E-state index contributed by atoms with van der Waals surface area (Å²) in [5.41, 5.74) is 0. The Morgan fingerprint density at radius 1 is 1.44 bits per heavy atom. The first-order chi connectivity index (χ1) is 8.70. The van der Waals surface area contributed by atoms with Crippen LogP contribution in [0, 0.1) is 0 Å². The molecule has 104 valence electrons. The normalized spacial score (nSPS) is 28.6. The summed E-state index contributed by atoms with van der Waals surface area (Å²) in [5, 5.41) is 3.42. The van der Waals surface area contributed by atoms with Gasteiger partial charge >= 0.3 is 0 Å². The van der Waals surface area contributed by atoms with Gasteiger partial charge in [0.2, 0.25) is 0 Å². The van der Waals surface area contributed by atoms with Crippen molar-refractivity contribution in [1.29, 1.82) is 0 Å². The predicted octanol–water partition coefficient (Wildman–Crippen LogP) is 0.905. The van der Waals surface area contributed by atoms with Gasteiger partial charge in [0.15, 0.2) is 0 Å². The van der Waals surface area contributed by atoms with Crippen LogP contribution < -0.4 is 5.32 Å². The molecular weight excluding hydrogens is 226 g/mol. The SMILES string of the molecule is CNC(CC1CN(C)CCN1C)C1=CCCCO1. The van der Waals surface area contributed by atoms with Crippen LogP contribution in [-0.2, 0) is 4.74 Å². The summed E-state index contributed by atoms with van der Waals surface area (Å²) in [5.74, 6) is 1.16. The van der Waals surface area contributed by atoms with Crippen LogP contribution in [0.1, 0.15) is 19.3 Å². The van der Waals surface area contributed by atoms with E-state index in [0.29, 0.717) is 12.1 Å². The number of ether oxygens (including phenoxy) is 1. The van der Waals surface area contributed by atoms with Gasteiger partial charge in [0.1, 0.15) is 5.76 Å². The van der Waals surface area contributed by atoms with Gasteiger partial charge in [-0.15, -0.1) is 0 Å². The first-order valence-corrected chi connectivity index (χ1v) is 7.09. The highest BCUT2D eigenvalue weighted by molar-refractivity contribution is 5.06. The molecule has 1 N–H and O–H groups in total. The zero-order chi connectivity index (χ0) is 13.0. The van der Waals surface area contributed by atoms with Gasteiger partial charge in [-0.25, -0.2) is 0 Å². The van der Waals surface area contributed by atoms with Gasteiger partial charge in [0.25, 0.3) is 0 Å². The van der Waals surface area contributed by atoms with Crippen molar-refractivity contribution in [3.63, 3.8) is 0 Å². The lowest BCUT2D eigenvalue weighted by molar-refractivity contribution is 0.0928. The third-order valence-corrected chi connectivity index (χ3v) is 4.14. The van der Waals surface area contributed by atoms with E-state index < -0.39 is 0 Å². The molecule has 2 aliphatic rings. The highest BCUT2D eigenvalue weighted by Crippen LogP contribution is 2.20. The highest BCUT2D eigenvalue weighted by Gasteiger charge is 2.27. The molecule has 18 heavy (non-hydrogen) atoms. The van der Waals surface area contributed by atoms with Crippen LogP contribution in [0.15, 0.2) is 11.8 Å². The summed E-state index contributed by atoms with van der Waals surface area (Å²) in [7, 11) is 6.49. The lowest BCUT2D eigenvalue weighted by Crippen LogP contribution is -2.52. The molecule has 0 amide bonds. The predicted molar refractivity (Wildman–Crippen MR) is 74.6 cm³/mol. The Bertz CT molecular complexity index is 293. The molecule has 0 aliphatic carbocycles. The Kier molecular flexibility index (Phi) is 5.03. The van der Waals surface area contributed by atoms with Crippen LogP contribution in [0.2, 0.25) is 0 Å². The van der Waals surface area contributed by atoms with Crippen molar-refractivity contribution in [1.82, 2.24) is 15.1 Å². The average molecular weight is 253 g/mol. The van der Waals surface area contributed by atoms with Gasteiger partial charge in [-0.2, -0.15) is 0 Å². The minimum atomic E-state index is 0.365. The largest absolute Gasteiger partial charge is 0.497 e. The molecule has 2 rings (SSSR count). The summed E-state index contributed by atoms with van der Waals surface area (Å²) in [6.45, 7) is 4.38. The molecule has 2 heterocycles. The molecule has 0 aromatic heterocycles. The van der Waals surface area contributed by atoms with E-state index in [-0.39, 0.29) is 0 Å². The van der Waals surface area contributed by atoms with Crippen molar-refractivity contribution in [3.05, 3.63) is 11.8 Å². The second-order valence-electron chi connectivity index (χ2n) is 5.57. The van der Waals surface area contributed by atoms with Crippen LogP contribution >= 0.6 is 0 Å². The van der Waals surface area contributed by atoms with E-state index >= 15 is 0 Å². The number of hydrogen-bond donors (Lipinski definition) is 1. The first kappa shape index (κ1) is 13.8. The molecule has 0 aromatic rings. The fourth-order valence-electron chi connectivity index (χ4n) is 2.82. The maximum atomic E-state index is 5.80. The minimum absolute atomic E-state index is 0.365. The summed E-state index contributed by atoms with van der Waals surface area (Å²) in [6, 6.07) is 0.983. The van der Waals surface area contributed by atoms with Crippen LogP contribution in [0.4, 0.5) is 0 Å². The number of piperazine rings is 1. The maximum Gasteiger partial charge on any atom is 0.109 e. The topological polar surface area (TPSA) is 27.7 Å². The van der Waals surface area contributed by atoms with Crippen LogP contribution in [0.5, 0.6) is 0 Å². The van der Waals surface area contributed by atoms with Crippen molar-refractivity contribution in [2.24, 2.45) is 0 Å². The average Bonchev–Trinajstić information content (AvgIpc) is 2.41. The Morgan fingerprint density at radius 3 is 2.94 bits per heavy atom. The van der Waals surface area contributed by atoms with Crippen molar-refractivity contribution in [2.75, 3.05) is 47.4 Å². The second kappa shape index (κ2) is 6.55. The Labute approximate surface area is 111 Å². The van der Waals surface area contributed by atoms with Crippen molar-refractivity contribution in [2.45, 2.75) is 31.3 Å². The molecule has 0 spiro atoms. The minimum Gasteiger partial charge on any atom is -0.497 e. The van der Waals surface area contributed by atoms with Gasteiger partial charge in [0.05, 0.1) is 12.6 Å². The smallest absolute Gasteiger partial charge is 0.109 e. The van der Waals surface area contributed by atoms with E-state index in [1.165, 1.54) is 6.54 Å². The standard InChI is InChI=1S/C14H27N3O/c1-15-13(14-6-4-5-9-18-14)10-12-11-16(2)7-8-17(12)3/h6,12-13,15H,4-5,7-11H2,1-3H3. The second-order valence-corrected chi connectivity index (χ2v) is 5.57. The lowest BCUT2D eigenvalue weighted by atomic mass is 10.0. The number of nitrogens with one attached hydrogen (secondary N) is 1. The fraction of sp³-hybridized carbons (Fsp3) is 0.857. The molecule has 0 radical (unpaired) electrons. The summed E-state index contributed by atoms with van der Waals surface area (Å²) < 4.78 is 5.80. The highest BCUT2D eigenvalue weighted by atomic mass is 16.5. The van der Waals surface area contributed by atoms with Crippen molar-refractivity contribution >= 4 is 0 Å². The summed E-state index contributed by atoms with van der Waals surface area (Å²) >= 11 is 0. The first-order valence-electron chi connectivity index (χ1n) is 7.09. The van der Waals surface area contributed by atoms with Gasteiger partial charge in [-0.1, -0.05) is 0 Å². The molecule has 2 unspecified atom stereocenters. The quantitative estimate of drug-likeness (QED) is 0.806.